The quantitative estimate of drug-likeness (QED) is 0.456. The molecular formula is C15H10BrClN2O5. The highest BCUT2D eigenvalue weighted by Gasteiger charge is 2.13. The number of ether oxygens (including phenoxy) is 1. The summed E-state index contributed by atoms with van der Waals surface area (Å²) < 4.78 is 5.22. The van der Waals surface area contributed by atoms with Crippen LogP contribution in [0.25, 0.3) is 0 Å². The number of carbonyl (C=O) groups is 2. The van der Waals surface area contributed by atoms with Crippen LogP contribution in [-0.4, -0.2) is 23.4 Å². The minimum Gasteiger partial charge on any atom is -0.452 e. The van der Waals surface area contributed by atoms with E-state index in [1.807, 2.05) is 0 Å². The van der Waals surface area contributed by atoms with Crippen molar-refractivity contribution >= 4 is 50.8 Å². The second-order valence-electron chi connectivity index (χ2n) is 4.56. The topological polar surface area (TPSA) is 98.5 Å². The van der Waals surface area contributed by atoms with Gasteiger partial charge in [-0.25, -0.2) is 4.79 Å². The minimum atomic E-state index is -0.685. The molecule has 0 saturated carbocycles. The number of nitrogens with zero attached hydrogens (tertiary/aromatic N) is 1. The van der Waals surface area contributed by atoms with Crippen LogP contribution < -0.4 is 5.32 Å². The molecule has 0 fully saturated rings. The first-order valence-electron chi connectivity index (χ1n) is 6.53. The average molecular weight is 414 g/mol. The molecule has 2 aromatic carbocycles. The average Bonchev–Trinajstić information content (AvgIpc) is 2.54. The molecule has 7 nitrogen and oxygen atoms in total. The van der Waals surface area contributed by atoms with Crippen molar-refractivity contribution in [2.75, 3.05) is 11.9 Å². The first-order valence-corrected chi connectivity index (χ1v) is 7.70. The zero-order valence-corrected chi connectivity index (χ0v) is 14.3. The van der Waals surface area contributed by atoms with Crippen LogP contribution in [0.2, 0.25) is 5.02 Å². The number of nitrogens with one attached hydrogen (secondary N) is 1. The minimum absolute atomic E-state index is 0.118. The Hall–Kier alpha value is -2.45. The normalized spacial score (nSPS) is 10.1. The summed E-state index contributed by atoms with van der Waals surface area (Å²) in [7, 11) is 0. The number of hydrogen-bond acceptors (Lipinski definition) is 5. The number of benzene rings is 2. The summed E-state index contributed by atoms with van der Waals surface area (Å²) in [5, 5.41) is 13.5. The van der Waals surface area contributed by atoms with Crippen molar-refractivity contribution in [2.24, 2.45) is 0 Å². The zero-order chi connectivity index (χ0) is 17.7. The smallest absolute Gasteiger partial charge is 0.338 e. The van der Waals surface area contributed by atoms with Gasteiger partial charge in [-0.1, -0.05) is 17.7 Å². The maximum absolute atomic E-state index is 11.8. The van der Waals surface area contributed by atoms with Gasteiger partial charge in [0, 0.05) is 21.6 Å². The molecule has 0 radical (unpaired) electrons. The van der Waals surface area contributed by atoms with Crippen LogP contribution in [0.3, 0.4) is 0 Å². The number of rotatable bonds is 5. The van der Waals surface area contributed by atoms with E-state index in [9.17, 15) is 19.7 Å². The molecule has 0 atom stereocenters. The van der Waals surface area contributed by atoms with Crippen LogP contribution in [0.1, 0.15) is 10.4 Å². The van der Waals surface area contributed by atoms with Crippen molar-refractivity contribution in [1.82, 2.24) is 0 Å². The standard InChI is InChI=1S/C15H10BrClN2O5/c16-12-7-11(19(22)23)4-5-13(12)18-14(20)8-24-15(21)9-2-1-3-10(17)6-9/h1-7H,8H2,(H,18,20). The lowest BCUT2D eigenvalue weighted by molar-refractivity contribution is -0.384. The molecule has 0 bridgehead atoms. The van der Waals surface area contributed by atoms with Gasteiger partial charge in [-0.2, -0.15) is 0 Å². The molecule has 0 unspecified atom stereocenters. The third kappa shape index (κ3) is 4.77. The van der Waals surface area contributed by atoms with Gasteiger partial charge in [0.15, 0.2) is 6.61 Å². The second kappa shape index (κ2) is 7.89. The van der Waals surface area contributed by atoms with Crippen LogP contribution in [0, 0.1) is 10.1 Å². The highest BCUT2D eigenvalue weighted by molar-refractivity contribution is 9.10. The molecule has 24 heavy (non-hydrogen) atoms. The van der Waals surface area contributed by atoms with Crippen LogP contribution >= 0.6 is 27.5 Å². The molecule has 0 aliphatic heterocycles. The van der Waals surface area contributed by atoms with E-state index < -0.39 is 23.4 Å². The maximum Gasteiger partial charge on any atom is 0.338 e. The molecule has 1 N–H and O–H groups in total. The van der Waals surface area contributed by atoms with Crippen LogP contribution in [0.4, 0.5) is 11.4 Å². The van der Waals surface area contributed by atoms with E-state index in [1.54, 1.807) is 12.1 Å². The molecule has 0 heterocycles. The van der Waals surface area contributed by atoms with E-state index in [2.05, 4.69) is 21.2 Å². The van der Waals surface area contributed by atoms with Gasteiger partial charge < -0.3 is 10.1 Å². The zero-order valence-electron chi connectivity index (χ0n) is 12.0. The predicted molar refractivity (Wildman–Crippen MR) is 91.2 cm³/mol. The maximum atomic E-state index is 11.8. The Morgan fingerprint density at radius 3 is 2.62 bits per heavy atom. The third-order valence-electron chi connectivity index (χ3n) is 2.83. The number of carbonyl (C=O) groups excluding carboxylic acids is 2. The lowest BCUT2D eigenvalue weighted by Gasteiger charge is -2.08. The Labute approximate surface area is 149 Å². The van der Waals surface area contributed by atoms with Gasteiger partial charge in [0.2, 0.25) is 0 Å². The predicted octanol–water partition coefficient (Wildman–Crippen LogP) is 3.81. The lowest BCUT2D eigenvalue weighted by Crippen LogP contribution is -2.21. The Kier molecular flexibility index (Phi) is 5.88. The van der Waals surface area contributed by atoms with E-state index in [1.165, 1.54) is 30.3 Å². The molecule has 2 rings (SSSR count). The summed E-state index contributed by atoms with van der Waals surface area (Å²) in [5.41, 5.74) is 0.434. The number of halogens is 2. The van der Waals surface area contributed by atoms with Gasteiger partial charge in [0.25, 0.3) is 11.6 Å². The van der Waals surface area contributed by atoms with Crippen molar-refractivity contribution < 1.29 is 19.2 Å². The summed E-state index contributed by atoms with van der Waals surface area (Å²) in [4.78, 5) is 33.7. The van der Waals surface area contributed by atoms with Crippen molar-refractivity contribution in [2.45, 2.75) is 0 Å². The van der Waals surface area contributed by atoms with Gasteiger partial charge in [-0.05, 0) is 40.2 Å². The molecule has 0 saturated heterocycles. The van der Waals surface area contributed by atoms with Crippen molar-refractivity contribution in [3.8, 4) is 0 Å². The van der Waals surface area contributed by atoms with Crippen molar-refractivity contribution in [3.63, 3.8) is 0 Å². The SMILES string of the molecule is O=C(COC(=O)c1cccc(Cl)c1)Nc1ccc([N+](=O)[O-])cc1Br. The summed E-state index contributed by atoms with van der Waals surface area (Å²) in [5.74, 6) is -1.27. The van der Waals surface area contributed by atoms with Crippen molar-refractivity contribution in [1.29, 1.82) is 0 Å². The number of nitro groups is 1. The molecule has 0 aromatic heterocycles. The molecule has 9 heteroatoms. The fourth-order valence-corrected chi connectivity index (χ4v) is 2.39. The number of hydrogen-bond donors (Lipinski definition) is 1. The Morgan fingerprint density at radius 1 is 1.25 bits per heavy atom. The fraction of sp³-hybridized carbons (Fsp3) is 0.0667. The fourth-order valence-electron chi connectivity index (χ4n) is 1.74. The summed E-state index contributed by atoms with van der Waals surface area (Å²) in [6.45, 7) is -0.505. The van der Waals surface area contributed by atoms with Gasteiger partial charge in [-0.15, -0.1) is 0 Å². The van der Waals surface area contributed by atoms with E-state index >= 15 is 0 Å². The largest absolute Gasteiger partial charge is 0.452 e. The molecule has 124 valence electrons. The van der Waals surface area contributed by atoms with Gasteiger partial charge in [0.05, 0.1) is 16.2 Å². The number of amides is 1. The highest BCUT2D eigenvalue weighted by Crippen LogP contribution is 2.27. The first-order chi connectivity index (χ1) is 11.4. The van der Waals surface area contributed by atoms with Crippen LogP contribution in [0.15, 0.2) is 46.9 Å². The van der Waals surface area contributed by atoms with E-state index in [4.69, 9.17) is 16.3 Å². The van der Waals surface area contributed by atoms with E-state index in [0.29, 0.717) is 15.2 Å². The Balaban J connectivity index is 1.94. The summed E-state index contributed by atoms with van der Waals surface area (Å²) >= 11 is 8.90. The molecular weight excluding hydrogens is 404 g/mol. The van der Waals surface area contributed by atoms with Crippen molar-refractivity contribution in [3.05, 3.63) is 67.6 Å². The lowest BCUT2D eigenvalue weighted by atomic mass is 10.2. The molecule has 0 aliphatic rings. The number of anilines is 1. The molecule has 0 spiro atoms. The van der Waals surface area contributed by atoms with E-state index in [0.717, 1.165) is 0 Å². The van der Waals surface area contributed by atoms with E-state index in [-0.39, 0.29) is 11.3 Å². The summed E-state index contributed by atoms with van der Waals surface area (Å²) in [6, 6.07) is 10.0. The van der Waals surface area contributed by atoms with Crippen LogP contribution in [-0.2, 0) is 9.53 Å². The molecule has 2 aromatic rings. The molecule has 1 amide bonds. The number of esters is 1. The highest BCUT2D eigenvalue weighted by atomic mass is 79.9. The molecule has 0 aliphatic carbocycles. The first kappa shape index (κ1) is 17.9. The van der Waals surface area contributed by atoms with Crippen LogP contribution in [0.5, 0.6) is 0 Å². The second-order valence-corrected chi connectivity index (χ2v) is 5.85. The Morgan fingerprint density at radius 2 is 2.00 bits per heavy atom. The third-order valence-corrected chi connectivity index (χ3v) is 3.72. The van der Waals surface area contributed by atoms with Gasteiger partial charge >= 0.3 is 5.97 Å². The van der Waals surface area contributed by atoms with Gasteiger partial charge in [0.1, 0.15) is 0 Å². The number of nitro benzene ring substituents is 1. The number of non-ortho nitro benzene ring substituents is 1. The van der Waals surface area contributed by atoms with Gasteiger partial charge in [-0.3, -0.25) is 14.9 Å². The summed E-state index contributed by atoms with van der Waals surface area (Å²) in [6.07, 6.45) is 0. The monoisotopic (exact) mass is 412 g/mol. The Bertz CT molecular complexity index is 812.